The molecule has 4 heteroatoms. The maximum Gasteiger partial charge on any atom is 0.103 e. The highest BCUT2D eigenvalue weighted by Gasteiger charge is 2.19. The average Bonchev–Trinajstić information content (AvgIpc) is 2.84. The predicted octanol–water partition coefficient (Wildman–Crippen LogP) is 3.60. The van der Waals surface area contributed by atoms with Crippen molar-refractivity contribution in [1.29, 1.82) is 0 Å². The summed E-state index contributed by atoms with van der Waals surface area (Å²) in [5, 5.41) is 6.99. The third-order valence-electron chi connectivity index (χ3n) is 2.62. The molecule has 16 heavy (non-hydrogen) atoms. The van der Waals surface area contributed by atoms with E-state index in [9.17, 15) is 0 Å². The van der Waals surface area contributed by atoms with Crippen molar-refractivity contribution in [2.45, 2.75) is 50.2 Å². The van der Waals surface area contributed by atoms with Crippen molar-refractivity contribution < 1.29 is 0 Å². The zero-order valence-corrected chi connectivity index (χ0v) is 11.9. The lowest BCUT2D eigenvalue weighted by Gasteiger charge is -2.16. The molecule has 90 valence electrons. The quantitative estimate of drug-likeness (QED) is 0.894. The van der Waals surface area contributed by atoms with Crippen LogP contribution < -0.4 is 5.32 Å². The van der Waals surface area contributed by atoms with Crippen LogP contribution in [0.5, 0.6) is 0 Å². The van der Waals surface area contributed by atoms with Crippen LogP contribution in [0.4, 0.5) is 0 Å². The summed E-state index contributed by atoms with van der Waals surface area (Å²) >= 11 is 3.78. The summed E-state index contributed by atoms with van der Waals surface area (Å²) < 4.78 is 0.331. The third kappa shape index (κ3) is 3.47. The van der Waals surface area contributed by atoms with Crippen LogP contribution in [0.3, 0.4) is 0 Å². The topological polar surface area (TPSA) is 24.9 Å². The minimum absolute atomic E-state index is 0.331. The van der Waals surface area contributed by atoms with Crippen molar-refractivity contribution in [2.75, 3.05) is 6.54 Å². The Kier molecular flexibility index (Phi) is 3.93. The zero-order chi connectivity index (χ0) is 11.6. The van der Waals surface area contributed by atoms with Crippen LogP contribution in [0.1, 0.15) is 50.4 Å². The molecule has 0 amide bonds. The van der Waals surface area contributed by atoms with E-state index in [2.05, 4.69) is 31.5 Å². The Morgan fingerprint density at radius 3 is 3.00 bits per heavy atom. The van der Waals surface area contributed by atoms with Crippen molar-refractivity contribution in [3.8, 4) is 0 Å². The number of rotatable bonds is 3. The van der Waals surface area contributed by atoms with Gasteiger partial charge in [-0.2, -0.15) is 0 Å². The van der Waals surface area contributed by atoms with E-state index in [1.54, 1.807) is 11.3 Å². The van der Waals surface area contributed by atoms with E-state index in [0.29, 0.717) is 10.8 Å². The Morgan fingerprint density at radius 2 is 2.38 bits per heavy atom. The van der Waals surface area contributed by atoms with Crippen molar-refractivity contribution in [2.24, 2.45) is 0 Å². The van der Waals surface area contributed by atoms with Crippen molar-refractivity contribution >= 4 is 23.1 Å². The molecular formula is C12H20N2S2. The van der Waals surface area contributed by atoms with Gasteiger partial charge in [-0.3, -0.25) is 0 Å². The lowest BCUT2D eigenvalue weighted by molar-refractivity contribution is 0.630. The molecule has 0 unspecified atom stereocenters. The van der Waals surface area contributed by atoms with Gasteiger partial charge in [-0.15, -0.1) is 23.1 Å². The van der Waals surface area contributed by atoms with Gasteiger partial charge in [-0.05, 0) is 19.4 Å². The molecule has 0 spiro atoms. The van der Waals surface area contributed by atoms with E-state index >= 15 is 0 Å². The summed E-state index contributed by atoms with van der Waals surface area (Å²) in [6, 6.07) is 0.518. The molecule has 1 saturated heterocycles. The standard InChI is InChI=1S/C12H20N2S2/c1-12(2,3)16-8-11-14-10(7-15-11)9-5-4-6-13-9/h7,9,13H,4-6,8H2,1-3H3/t9-/m0/s1. The number of hydrogen-bond acceptors (Lipinski definition) is 4. The highest BCUT2D eigenvalue weighted by Crippen LogP contribution is 2.30. The molecule has 0 bridgehead atoms. The Hall–Kier alpha value is -0.0600. The van der Waals surface area contributed by atoms with Crippen LogP contribution in [0.25, 0.3) is 0 Å². The summed E-state index contributed by atoms with van der Waals surface area (Å²) in [6.45, 7) is 7.91. The van der Waals surface area contributed by atoms with Gasteiger partial charge >= 0.3 is 0 Å². The van der Waals surface area contributed by atoms with E-state index in [-0.39, 0.29) is 0 Å². The van der Waals surface area contributed by atoms with E-state index in [1.807, 2.05) is 11.8 Å². The van der Waals surface area contributed by atoms with Crippen LogP contribution >= 0.6 is 23.1 Å². The normalized spacial score (nSPS) is 21.6. The van der Waals surface area contributed by atoms with Gasteiger partial charge in [0.1, 0.15) is 5.01 Å². The lowest BCUT2D eigenvalue weighted by atomic mass is 10.2. The minimum atomic E-state index is 0.331. The molecule has 1 aliphatic heterocycles. The SMILES string of the molecule is CC(C)(C)SCc1nc([C@@H]2CCCN2)cs1. The summed E-state index contributed by atoms with van der Waals surface area (Å²) in [5.41, 5.74) is 1.26. The number of aromatic nitrogens is 1. The van der Waals surface area contributed by atoms with Crippen LogP contribution in [-0.2, 0) is 5.75 Å². The maximum absolute atomic E-state index is 4.73. The van der Waals surface area contributed by atoms with Gasteiger partial charge in [-0.1, -0.05) is 20.8 Å². The van der Waals surface area contributed by atoms with E-state index in [1.165, 1.54) is 23.5 Å². The molecule has 0 aromatic carbocycles. The molecule has 0 saturated carbocycles. The monoisotopic (exact) mass is 256 g/mol. The predicted molar refractivity (Wildman–Crippen MR) is 73.1 cm³/mol. The molecule has 0 radical (unpaired) electrons. The summed E-state index contributed by atoms with van der Waals surface area (Å²) in [6.07, 6.45) is 2.53. The Morgan fingerprint density at radius 1 is 1.56 bits per heavy atom. The molecule has 1 aromatic heterocycles. The molecule has 2 nitrogen and oxygen atoms in total. The van der Waals surface area contributed by atoms with Gasteiger partial charge in [-0.25, -0.2) is 4.98 Å². The third-order valence-corrected chi connectivity index (χ3v) is 4.95. The second-order valence-corrected chi connectivity index (χ2v) is 7.96. The fourth-order valence-electron chi connectivity index (χ4n) is 1.77. The highest BCUT2D eigenvalue weighted by atomic mass is 32.2. The molecular weight excluding hydrogens is 236 g/mol. The number of thiazole rings is 1. The second-order valence-electron chi connectivity index (χ2n) is 5.22. The lowest BCUT2D eigenvalue weighted by Crippen LogP contribution is -2.13. The van der Waals surface area contributed by atoms with Crippen LogP contribution in [0, 0.1) is 0 Å². The van der Waals surface area contributed by atoms with Gasteiger partial charge in [0.25, 0.3) is 0 Å². The van der Waals surface area contributed by atoms with E-state index in [0.717, 1.165) is 12.3 Å². The first-order chi connectivity index (χ1) is 7.54. The van der Waals surface area contributed by atoms with Gasteiger partial charge < -0.3 is 5.32 Å². The largest absolute Gasteiger partial charge is 0.309 e. The summed E-state index contributed by atoms with van der Waals surface area (Å²) in [4.78, 5) is 4.73. The second kappa shape index (κ2) is 5.07. The Bertz CT molecular complexity index is 335. The molecule has 2 rings (SSSR count). The molecule has 1 aliphatic rings. The Balaban J connectivity index is 1.91. The Labute approximate surface area is 106 Å². The molecule has 1 fully saturated rings. The van der Waals surface area contributed by atoms with E-state index in [4.69, 9.17) is 4.98 Å². The van der Waals surface area contributed by atoms with Crippen molar-refractivity contribution in [3.63, 3.8) is 0 Å². The summed E-state index contributed by atoms with van der Waals surface area (Å²) in [7, 11) is 0. The maximum atomic E-state index is 4.73. The number of thioether (sulfide) groups is 1. The highest BCUT2D eigenvalue weighted by molar-refractivity contribution is 7.99. The first kappa shape index (κ1) is 12.4. The fraction of sp³-hybridized carbons (Fsp3) is 0.750. The van der Waals surface area contributed by atoms with Gasteiger partial charge in [0.15, 0.2) is 0 Å². The van der Waals surface area contributed by atoms with Crippen LogP contribution in [0.15, 0.2) is 5.38 Å². The van der Waals surface area contributed by atoms with Gasteiger partial charge in [0, 0.05) is 15.9 Å². The molecule has 1 N–H and O–H groups in total. The van der Waals surface area contributed by atoms with Crippen molar-refractivity contribution in [1.82, 2.24) is 10.3 Å². The van der Waals surface area contributed by atoms with Gasteiger partial charge in [0.05, 0.1) is 11.7 Å². The smallest absolute Gasteiger partial charge is 0.103 e. The first-order valence-corrected chi connectivity index (χ1v) is 7.73. The number of hydrogen-bond donors (Lipinski definition) is 1. The van der Waals surface area contributed by atoms with Crippen molar-refractivity contribution in [3.05, 3.63) is 16.1 Å². The molecule has 1 aromatic rings. The summed E-state index contributed by atoms with van der Waals surface area (Å²) in [5.74, 6) is 1.04. The first-order valence-electron chi connectivity index (χ1n) is 5.86. The number of nitrogens with one attached hydrogen (secondary N) is 1. The molecule has 0 aliphatic carbocycles. The average molecular weight is 256 g/mol. The van der Waals surface area contributed by atoms with E-state index < -0.39 is 0 Å². The molecule has 2 heterocycles. The fourth-order valence-corrected chi connectivity index (χ4v) is 3.47. The van der Waals surface area contributed by atoms with Crippen LogP contribution in [-0.4, -0.2) is 16.3 Å². The van der Waals surface area contributed by atoms with Crippen LogP contribution in [0.2, 0.25) is 0 Å². The zero-order valence-electron chi connectivity index (χ0n) is 10.2. The van der Waals surface area contributed by atoms with Gasteiger partial charge in [0.2, 0.25) is 0 Å². The molecule has 1 atom stereocenters. The minimum Gasteiger partial charge on any atom is -0.309 e. The number of nitrogens with zero attached hydrogens (tertiary/aromatic N) is 1.